The number of halogens is 1. The van der Waals surface area contributed by atoms with Crippen molar-refractivity contribution in [1.82, 2.24) is 21.3 Å². The Balaban J connectivity index is 0.00000500. The first-order valence-electron chi connectivity index (χ1n) is 16.1. The van der Waals surface area contributed by atoms with E-state index >= 15 is 0 Å². The lowest BCUT2D eigenvalue weighted by Crippen LogP contribution is -2.45. The average Bonchev–Trinajstić information content (AvgIpc) is 3.68. The van der Waals surface area contributed by atoms with E-state index in [9.17, 15) is 14.7 Å². The summed E-state index contributed by atoms with van der Waals surface area (Å²) in [6, 6.07) is 6.69. The summed E-state index contributed by atoms with van der Waals surface area (Å²) in [5, 5.41) is 23.8. The summed E-state index contributed by atoms with van der Waals surface area (Å²) in [4.78, 5) is 26.6. The van der Waals surface area contributed by atoms with Crippen LogP contribution < -0.4 is 45.9 Å². The van der Waals surface area contributed by atoms with Crippen LogP contribution in [0.5, 0.6) is 28.7 Å². The minimum atomic E-state index is -0.599. The normalized spacial score (nSPS) is 20.5. The molecule has 0 saturated carbocycles. The average molecular weight is 678 g/mol. The van der Waals surface area contributed by atoms with Gasteiger partial charge in [-0.05, 0) is 106 Å². The number of fused-ring (bicyclic) bond motifs is 3. The molecule has 0 aromatic heterocycles. The zero-order chi connectivity index (χ0) is 32.5. The van der Waals surface area contributed by atoms with Crippen LogP contribution in [0.15, 0.2) is 24.3 Å². The minimum Gasteiger partial charge on any atom is -0.502 e. The Kier molecular flexibility index (Phi) is 13.6. The minimum absolute atomic E-state index is 0. The highest BCUT2D eigenvalue weighted by atomic mass is 35.5. The van der Waals surface area contributed by atoms with Crippen molar-refractivity contribution in [1.29, 1.82) is 0 Å². The van der Waals surface area contributed by atoms with E-state index in [0.717, 1.165) is 69.5 Å². The number of aromatic hydroxyl groups is 1. The number of cyclic esters (lactones) is 1. The Morgan fingerprint density at radius 3 is 2.11 bits per heavy atom. The number of nitrogens with two attached hydrogens (primary N) is 1. The number of carbonyl (C=O) groups is 2. The highest BCUT2D eigenvalue weighted by Gasteiger charge is 2.53. The van der Waals surface area contributed by atoms with Gasteiger partial charge in [-0.15, -0.1) is 12.4 Å². The summed E-state index contributed by atoms with van der Waals surface area (Å²) in [5.41, 5.74) is 7.84. The number of methoxy groups -OCH3 is 2. The first-order valence-corrected chi connectivity index (χ1v) is 16.1. The Bertz CT molecular complexity index is 1340. The number of esters is 1. The van der Waals surface area contributed by atoms with E-state index in [0.29, 0.717) is 23.6 Å². The zero-order valence-corrected chi connectivity index (χ0v) is 27.9. The van der Waals surface area contributed by atoms with Crippen molar-refractivity contribution in [2.24, 2.45) is 17.6 Å². The molecule has 1 fully saturated rings. The predicted octanol–water partition coefficient (Wildman–Crippen LogP) is 1.94. The fourth-order valence-electron chi connectivity index (χ4n) is 6.58. The molecule has 0 radical (unpaired) electrons. The Morgan fingerprint density at radius 1 is 0.872 bits per heavy atom. The number of benzene rings is 2. The van der Waals surface area contributed by atoms with Crippen LogP contribution in [0, 0.1) is 11.8 Å². The molecule has 0 bridgehead atoms. The van der Waals surface area contributed by atoms with Crippen molar-refractivity contribution in [3.63, 3.8) is 0 Å². The predicted molar refractivity (Wildman–Crippen MR) is 178 cm³/mol. The van der Waals surface area contributed by atoms with Crippen molar-refractivity contribution >= 4 is 24.3 Å². The number of unbranched alkanes of at least 4 members (excludes halogenated alkanes) is 1. The number of amides is 1. The van der Waals surface area contributed by atoms with Crippen LogP contribution in [0.4, 0.5) is 0 Å². The molecule has 13 nitrogen and oxygen atoms in total. The van der Waals surface area contributed by atoms with Gasteiger partial charge in [0.05, 0.1) is 39.3 Å². The van der Waals surface area contributed by atoms with Gasteiger partial charge in [-0.3, -0.25) is 9.59 Å². The van der Waals surface area contributed by atoms with E-state index in [1.807, 2.05) is 12.1 Å². The van der Waals surface area contributed by atoms with Crippen molar-refractivity contribution in [2.75, 3.05) is 73.4 Å². The summed E-state index contributed by atoms with van der Waals surface area (Å²) in [6.45, 7) is 5.62. The molecule has 3 aliphatic rings. The summed E-state index contributed by atoms with van der Waals surface area (Å²) in [7, 11) is 2.92. The van der Waals surface area contributed by atoms with Crippen LogP contribution in [-0.4, -0.2) is 90.4 Å². The third-order valence-corrected chi connectivity index (χ3v) is 8.87. The molecule has 4 atom stereocenters. The van der Waals surface area contributed by atoms with Gasteiger partial charge in [0, 0.05) is 11.8 Å². The van der Waals surface area contributed by atoms with Crippen LogP contribution in [0.2, 0.25) is 0 Å². The molecule has 4 unspecified atom stereocenters. The van der Waals surface area contributed by atoms with E-state index in [1.54, 1.807) is 12.1 Å². The topological polar surface area (TPSA) is 175 Å². The molecule has 260 valence electrons. The molecule has 0 spiro atoms. The molecule has 2 aliphatic heterocycles. The molecular formula is C33H48ClN5O8. The van der Waals surface area contributed by atoms with Crippen molar-refractivity contribution in [2.45, 2.75) is 37.6 Å². The van der Waals surface area contributed by atoms with Crippen LogP contribution in [0.1, 0.15) is 54.3 Å². The number of rotatable bonds is 18. The number of phenols is 1. The second-order valence-electron chi connectivity index (χ2n) is 11.8. The SMILES string of the molecule is COc1cc(C2c3cc4c(cc3C(NC(=O)CNCCCNCCCCNCCCN)C3COC(=O)C23)OCO4)cc(OC)c1O.Cl. The van der Waals surface area contributed by atoms with E-state index in [1.165, 1.54) is 14.2 Å². The molecule has 2 aromatic rings. The molecule has 1 amide bonds. The van der Waals surface area contributed by atoms with Gasteiger partial charge in [-0.25, -0.2) is 0 Å². The monoisotopic (exact) mass is 677 g/mol. The molecule has 47 heavy (non-hydrogen) atoms. The van der Waals surface area contributed by atoms with Gasteiger partial charge in [0.15, 0.2) is 23.0 Å². The van der Waals surface area contributed by atoms with Crippen molar-refractivity contribution < 1.29 is 38.4 Å². The molecule has 7 N–H and O–H groups in total. The van der Waals surface area contributed by atoms with E-state index < -0.39 is 17.9 Å². The summed E-state index contributed by atoms with van der Waals surface area (Å²) >= 11 is 0. The number of ether oxygens (including phenoxy) is 5. The van der Waals surface area contributed by atoms with Gasteiger partial charge in [0.2, 0.25) is 18.4 Å². The Morgan fingerprint density at radius 2 is 1.47 bits per heavy atom. The lowest BCUT2D eigenvalue weighted by Gasteiger charge is -2.39. The zero-order valence-electron chi connectivity index (χ0n) is 27.1. The standard InChI is InChI=1S/C33H47N5O8.ClH/c1-42-26-13-20(14-27(43-2)32(26)40)29-21-15-24-25(46-19-45-24)16-22(21)31(23-18-44-33(41)30(23)29)38-28(39)17-37-12-6-11-36-9-4-3-8-35-10-5-7-34;/h13-16,23,29-31,35-37,40H,3-12,17-19,34H2,1-2H3,(H,38,39);1H. The second kappa shape index (κ2) is 17.6. The highest BCUT2D eigenvalue weighted by molar-refractivity contribution is 5.85. The fourth-order valence-corrected chi connectivity index (χ4v) is 6.58. The largest absolute Gasteiger partial charge is 0.502 e. The third-order valence-electron chi connectivity index (χ3n) is 8.87. The van der Waals surface area contributed by atoms with Crippen molar-refractivity contribution in [3.8, 4) is 28.7 Å². The number of hydrogen-bond donors (Lipinski definition) is 6. The number of carbonyl (C=O) groups excluding carboxylic acids is 2. The maximum absolute atomic E-state index is 13.3. The maximum Gasteiger partial charge on any atom is 0.310 e. The second-order valence-corrected chi connectivity index (χ2v) is 11.8. The summed E-state index contributed by atoms with van der Waals surface area (Å²) in [5.74, 6) is -0.468. The van der Waals surface area contributed by atoms with Gasteiger partial charge in [0.1, 0.15) is 0 Å². The molecule has 2 heterocycles. The van der Waals surface area contributed by atoms with Crippen LogP contribution in [0.25, 0.3) is 0 Å². The van der Waals surface area contributed by atoms with Crippen LogP contribution >= 0.6 is 12.4 Å². The maximum atomic E-state index is 13.3. The molecule has 5 rings (SSSR count). The molecule has 1 saturated heterocycles. The Labute approximate surface area is 282 Å². The van der Waals surface area contributed by atoms with Crippen LogP contribution in [-0.2, 0) is 14.3 Å². The van der Waals surface area contributed by atoms with E-state index in [2.05, 4.69) is 21.3 Å². The van der Waals surface area contributed by atoms with Crippen LogP contribution in [0.3, 0.4) is 0 Å². The lowest BCUT2D eigenvalue weighted by atomic mass is 9.65. The first kappa shape index (κ1) is 36.3. The van der Waals surface area contributed by atoms with Gasteiger partial charge < -0.3 is 55.8 Å². The number of nitrogens with one attached hydrogen (secondary N) is 4. The fraction of sp³-hybridized carbons (Fsp3) is 0.576. The van der Waals surface area contributed by atoms with Gasteiger partial charge in [0.25, 0.3) is 0 Å². The van der Waals surface area contributed by atoms with Gasteiger partial charge in [-0.2, -0.15) is 0 Å². The number of hydrogen-bond acceptors (Lipinski definition) is 12. The van der Waals surface area contributed by atoms with Gasteiger partial charge in [-0.1, -0.05) is 0 Å². The quantitative estimate of drug-likeness (QED) is 0.100. The van der Waals surface area contributed by atoms with Gasteiger partial charge >= 0.3 is 5.97 Å². The smallest absolute Gasteiger partial charge is 0.310 e. The summed E-state index contributed by atoms with van der Waals surface area (Å²) in [6.07, 6.45) is 4.13. The number of phenolic OH excluding ortho intramolecular Hbond substituents is 1. The first-order chi connectivity index (χ1) is 22.5. The Hall–Kier alpha value is -3.49. The molecular weight excluding hydrogens is 630 g/mol. The third kappa shape index (κ3) is 8.52. The highest BCUT2D eigenvalue weighted by Crippen LogP contribution is 2.55. The molecule has 1 aliphatic carbocycles. The molecule has 2 aromatic carbocycles. The van der Waals surface area contributed by atoms with E-state index in [-0.39, 0.29) is 67.4 Å². The van der Waals surface area contributed by atoms with E-state index in [4.69, 9.17) is 29.4 Å². The summed E-state index contributed by atoms with van der Waals surface area (Å²) < 4.78 is 27.9. The van der Waals surface area contributed by atoms with Crippen molar-refractivity contribution in [3.05, 3.63) is 41.0 Å². The molecule has 14 heteroatoms. The lowest BCUT2D eigenvalue weighted by molar-refractivity contribution is -0.141.